The van der Waals surface area contributed by atoms with Crippen LogP contribution < -0.4 is 0 Å². The molecule has 0 radical (unpaired) electrons. The maximum Gasteiger partial charge on any atom is 0.148 e. The van der Waals surface area contributed by atoms with Crippen molar-refractivity contribution in [3.8, 4) is 0 Å². The number of halogens is 1. The highest BCUT2D eigenvalue weighted by atomic mass is 19.1. The van der Waals surface area contributed by atoms with Gasteiger partial charge in [0.1, 0.15) is 12.1 Å². The Kier molecular flexibility index (Phi) is 21.1. The summed E-state index contributed by atoms with van der Waals surface area (Å²) in [7, 11) is 0. The average molecular weight is 230 g/mol. The zero-order valence-corrected chi connectivity index (χ0v) is 11.9. The lowest BCUT2D eigenvalue weighted by Crippen LogP contribution is -1.86. The SMILES string of the molecule is CC.CC.CC/C(C)=C/C/C(C=O)=C(\C)F. The monoisotopic (exact) mass is 230 g/mol. The van der Waals surface area contributed by atoms with Crippen molar-refractivity contribution in [3.63, 3.8) is 0 Å². The van der Waals surface area contributed by atoms with Gasteiger partial charge in [-0.05, 0) is 26.7 Å². The van der Waals surface area contributed by atoms with E-state index in [1.807, 2.05) is 47.6 Å². The Balaban J connectivity index is -0.000000376. The van der Waals surface area contributed by atoms with Gasteiger partial charge in [0.15, 0.2) is 0 Å². The van der Waals surface area contributed by atoms with Gasteiger partial charge in [-0.3, -0.25) is 4.79 Å². The molecule has 0 spiro atoms. The molecule has 0 aromatic rings. The Morgan fingerprint density at radius 3 is 1.81 bits per heavy atom. The van der Waals surface area contributed by atoms with Gasteiger partial charge < -0.3 is 0 Å². The highest BCUT2D eigenvalue weighted by Gasteiger charge is 1.98. The molecule has 0 aromatic heterocycles. The third kappa shape index (κ3) is 13.1. The van der Waals surface area contributed by atoms with Crippen LogP contribution in [0.1, 0.15) is 61.3 Å². The average Bonchev–Trinajstić information content (AvgIpc) is 2.34. The minimum Gasteiger partial charge on any atom is -0.298 e. The summed E-state index contributed by atoms with van der Waals surface area (Å²) < 4.78 is 12.5. The summed E-state index contributed by atoms with van der Waals surface area (Å²) in [6.07, 6.45) is 3.81. The lowest BCUT2D eigenvalue weighted by molar-refractivity contribution is -0.105. The van der Waals surface area contributed by atoms with Gasteiger partial charge in [-0.15, -0.1) is 0 Å². The number of hydrogen-bond donors (Lipinski definition) is 0. The van der Waals surface area contributed by atoms with Crippen molar-refractivity contribution in [3.05, 3.63) is 23.0 Å². The Morgan fingerprint density at radius 2 is 1.56 bits per heavy atom. The fraction of sp³-hybridized carbons (Fsp3) is 0.643. The van der Waals surface area contributed by atoms with E-state index in [9.17, 15) is 9.18 Å². The molecule has 0 saturated carbocycles. The third-order valence-electron chi connectivity index (χ3n) is 1.81. The van der Waals surface area contributed by atoms with Crippen molar-refractivity contribution >= 4 is 6.29 Å². The van der Waals surface area contributed by atoms with Gasteiger partial charge in [0, 0.05) is 5.57 Å². The van der Waals surface area contributed by atoms with Crippen LogP contribution in [0.5, 0.6) is 0 Å². The molecule has 0 unspecified atom stereocenters. The van der Waals surface area contributed by atoms with Crippen LogP contribution in [0, 0.1) is 0 Å². The van der Waals surface area contributed by atoms with E-state index >= 15 is 0 Å². The van der Waals surface area contributed by atoms with Crippen molar-refractivity contribution in [1.29, 1.82) is 0 Å². The quantitative estimate of drug-likeness (QED) is 0.367. The van der Waals surface area contributed by atoms with Crippen LogP contribution in [-0.4, -0.2) is 6.29 Å². The lowest BCUT2D eigenvalue weighted by Gasteiger charge is -1.96. The molecule has 0 rings (SSSR count). The molecule has 0 aliphatic rings. The standard InChI is InChI=1S/C10H15FO.2C2H6/c1-4-8(2)5-6-10(7-12)9(3)11;2*1-2/h5,7H,4,6H2,1-3H3;2*1-2H3/b8-5+,10-9-;;. The summed E-state index contributed by atoms with van der Waals surface area (Å²) in [5, 5.41) is 0. The number of carbonyl (C=O) groups is 1. The minimum atomic E-state index is -0.384. The van der Waals surface area contributed by atoms with Gasteiger partial charge in [-0.25, -0.2) is 4.39 Å². The summed E-state index contributed by atoms with van der Waals surface area (Å²) in [4.78, 5) is 10.3. The zero-order valence-electron chi connectivity index (χ0n) is 11.9. The van der Waals surface area contributed by atoms with Gasteiger partial charge in [-0.2, -0.15) is 0 Å². The maximum absolute atomic E-state index is 12.5. The van der Waals surface area contributed by atoms with Gasteiger partial charge in [0.05, 0.1) is 0 Å². The first-order chi connectivity index (χ1) is 7.61. The molecule has 2 heteroatoms. The molecule has 0 heterocycles. The Morgan fingerprint density at radius 1 is 1.12 bits per heavy atom. The molecular formula is C14H27FO. The van der Waals surface area contributed by atoms with Gasteiger partial charge in [-0.1, -0.05) is 46.3 Å². The number of carbonyl (C=O) groups excluding carboxylic acids is 1. The molecule has 0 amide bonds. The largest absolute Gasteiger partial charge is 0.298 e. The third-order valence-corrected chi connectivity index (χ3v) is 1.81. The molecule has 0 aliphatic carbocycles. The van der Waals surface area contributed by atoms with E-state index in [-0.39, 0.29) is 11.4 Å². The Labute approximate surface area is 100 Å². The van der Waals surface area contributed by atoms with Crippen molar-refractivity contribution in [2.75, 3.05) is 0 Å². The van der Waals surface area contributed by atoms with Crippen LogP contribution >= 0.6 is 0 Å². The lowest BCUT2D eigenvalue weighted by atomic mass is 10.1. The van der Waals surface area contributed by atoms with Crippen LogP contribution in [0.4, 0.5) is 4.39 Å². The summed E-state index contributed by atoms with van der Waals surface area (Å²) >= 11 is 0. The van der Waals surface area contributed by atoms with E-state index in [4.69, 9.17) is 0 Å². The summed E-state index contributed by atoms with van der Waals surface area (Å²) in [5.41, 5.74) is 1.42. The van der Waals surface area contributed by atoms with E-state index in [0.29, 0.717) is 12.7 Å². The second kappa shape index (κ2) is 16.5. The number of aldehydes is 1. The predicted octanol–water partition coefficient (Wildman–Crippen LogP) is 5.23. The Bertz CT molecular complexity index is 211. The fourth-order valence-electron chi connectivity index (χ4n) is 0.698. The number of allylic oxidation sites excluding steroid dienone is 4. The van der Waals surface area contributed by atoms with Crippen molar-refractivity contribution < 1.29 is 9.18 Å². The first-order valence-corrected chi connectivity index (χ1v) is 6.07. The first-order valence-electron chi connectivity index (χ1n) is 6.07. The van der Waals surface area contributed by atoms with E-state index in [1.165, 1.54) is 12.5 Å². The van der Waals surface area contributed by atoms with E-state index in [2.05, 4.69) is 0 Å². The maximum atomic E-state index is 12.5. The molecule has 0 N–H and O–H groups in total. The second-order valence-electron chi connectivity index (χ2n) is 2.78. The molecular weight excluding hydrogens is 203 g/mol. The fourth-order valence-corrected chi connectivity index (χ4v) is 0.698. The molecule has 1 nitrogen and oxygen atoms in total. The van der Waals surface area contributed by atoms with E-state index in [0.717, 1.165) is 6.42 Å². The van der Waals surface area contributed by atoms with Gasteiger partial charge >= 0.3 is 0 Å². The molecule has 16 heavy (non-hydrogen) atoms. The summed E-state index contributed by atoms with van der Waals surface area (Å²) in [5.74, 6) is -0.384. The zero-order chi connectivity index (χ0) is 13.6. The van der Waals surface area contributed by atoms with Crippen molar-refractivity contribution in [2.45, 2.75) is 61.3 Å². The number of hydrogen-bond acceptors (Lipinski definition) is 1. The Hall–Kier alpha value is -0.920. The van der Waals surface area contributed by atoms with Crippen LogP contribution in [-0.2, 0) is 4.79 Å². The van der Waals surface area contributed by atoms with Gasteiger partial charge in [0.2, 0.25) is 0 Å². The normalized spacial score (nSPS) is 11.4. The molecule has 0 aliphatic heterocycles. The topological polar surface area (TPSA) is 17.1 Å². The van der Waals surface area contributed by atoms with E-state index in [1.54, 1.807) is 0 Å². The molecule has 0 saturated heterocycles. The molecule has 0 fully saturated rings. The van der Waals surface area contributed by atoms with Crippen LogP contribution in [0.3, 0.4) is 0 Å². The van der Waals surface area contributed by atoms with E-state index < -0.39 is 0 Å². The molecule has 0 bridgehead atoms. The highest BCUT2D eigenvalue weighted by Crippen LogP contribution is 2.10. The molecule has 0 atom stereocenters. The van der Waals surface area contributed by atoms with Crippen molar-refractivity contribution in [1.82, 2.24) is 0 Å². The first kappa shape index (κ1) is 20.5. The van der Waals surface area contributed by atoms with Crippen LogP contribution in [0.2, 0.25) is 0 Å². The van der Waals surface area contributed by atoms with Crippen LogP contribution in [0.25, 0.3) is 0 Å². The minimum absolute atomic E-state index is 0.239. The molecule has 0 aromatic carbocycles. The highest BCUT2D eigenvalue weighted by molar-refractivity contribution is 5.74. The number of rotatable bonds is 4. The summed E-state index contributed by atoms with van der Waals surface area (Å²) in [6, 6.07) is 0. The second-order valence-corrected chi connectivity index (χ2v) is 2.78. The van der Waals surface area contributed by atoms with Crippen molar-refractivity contribution in [2.24, 2.45) is 0 Å². The molecule has 96 valence electrons. The smallest absolute Gasteiger partial charge is 0.148 e. The predicted molar refractivity (Wildman–Crippen MR) is 71.2 cm³/mol. The van der Waals surface area contributed by atoms with Crippen LogP contribution in [0.15, 0.2) is 23.0 Å². The van der Waals surface area contributed by atoms with Gasteiger partial charge in [0.25, 0.3) is 0 Å². The summed E-state index contributed by atoms with van der Waals surface area (Å²) in [6.45, 7) is 13.3.